The molecular formula is C41H66O13. The van der Waals surface area contributed by atoms with Crippen LogP contribution in [0.25, 0.3) is 0 Å². The average molecular weight is 767 g/mol. The molecule has 0 bridgehead atoms. The third-order valence-corrected chi connectivity index (χ3v) is 12.1. The molecule has 2 saturated heterocycles. The van der Waals surface area contributed by atoms with Gasteiger partial charge in [0.15, 0.2) is 5.79 Å². The summed E-state index contributed by atoms with van der Waals surface area (Å²) in [6.45, 7) is 16.5. The van der Waals surface area contributed by atoms with E-state index in [9.17, 15) is 39.3 Å². The van der Waals surface area contributed by atoms with Gasteiger partial charge in [-0.25, -0.2) is 9.59 Å². The van der Waals surface area contributed by atoms with Gasteiger partial charge in [0.2, 0.25) is 0 Å². The Hall–Kier alpha value is -2.55. The number of aliphatic hydroxyl groups is 3. The summed E-state index contributed by atoms with van der Waals surface area (Å²) in [7, 11) is 1.32. The summed E-state index contributed by atoms with van der Waals surface area (Å²) < 4.78 is 29.1. The lowest BCUT2D eigenvalue weighted by Gasteiger charge is -2.51. The van der Waals surface area contributed by atoms with E-state index in [1.54, 1.807) is 27.7 Å². The lowest BCUT2D eigenvalue weighted by molar-refractivity contribution is -0.338. The number of hydrogen-bond donors (Lipinski definition) is 3. The minimum Gasteiger partial charge on any atom is -0.459 e. The molecule has 3 N–H and O–H groups in total. The van der Waals surface area contributed by atoms with Crippen LogP contribution in [0.1, 0.15) is 127 Å². The fraction of sp³-hybridized carbons (Fsp3) is 0.829. The van der Waals surface area contributed by atoms with Crippen molar-refractivity contribution in [1.82, 2.24) is 0 Å². The number of carbonyl (C=O) groups is 5. The third kappa shape index (κ3) is 11.7. The van der Waals surface area contributed by atoms with Gasteiger partial charge in [-0.05, 0) is 76.0 Å². The second-order valence-electron chi connectivity index (χ2n) is 16.8. The first-order valence-corrected chi connectivity index (χ1v) is 19.8. The minimum atomic E-state index is -1.63. The van der Waals surface area contributed by atoms with Crippen molar-refractivity contribution in [3.63, 3.8) is 0 Å². The summed E-state index contributed by atoms with van der Waals surface area (Å²) in [5.41, 5.74) is -0.403. The maximum atomic E-state index is 13.3. The molecule has 13 atom stereocenters. The molecule has 0 aromatic heterocycles. The summed E-state index contributed by atoms with van der Waals surface area (Å²) in [6, 6.07) is 0. The van der Waals surface area contributed by atoms with Crippen LogP contribution in [0.15, 0.2) is 11.1 Å². The molecule has 1 unspecified atom stereocenters. The highest BCUT2D eigenvalue weighted by Gasteiger charge is 2.48. The molecule has 0 aliphatic carbocycles. The second-order valence-corrected chi connectivity index (χ2v) is 16.8. The average Bonchev–Trinajstić information content (AvgIpc) is 3.37. The van der Waals surface area contributed by atoms with Gasteiger partial charge >= 0.3 is 17.9 Å². The first-order valence-electron chi connectivity index (χ1n) is 19.8. The van der Waals surface area contributed by atoms with E-state index in [1.165, 1.54) is 14.0 Å². The lowest BCUT2D eigenvalue weighted by atomic mass is 9.79. The normalized spacial score (nSPS) is 29.3. The third-order valence-electron chi connectivity index (χ3n) is 12.1. The number of carbonyl (C=O) groups excluding carboxylic acids is 5. The molecule has 54 heavy (non-hydrogen) atoms. The van der Waals surface area contributed by atoms with E-state index in [4.69, 9.17) is 18.9 Å². The summed E-state index contributed by atoms with van der Waals surface area (Å²) in [5.74, 6) is -4.07. The number of Topliss-reactive ketones (excluding diaryl/α,β-unsaturated/α-hetero) is 2. The van der Waals surface area contributed by atoms with Crippen molar-refractivity contribution >= 4 is 29.5 Å². The molecule has 13 nitrogen and oxygen atoms in total. The number of ether oxygens (including phenoxy) is 5. The molecule has 3 heterocycles. The zero-order chi connectivity index (χ0) is 40.7. The Balaban J connectivity index is 1.54. The lowest BCUT2D eigenvalue weighted by Crippen LogP contribution is -2.53. The van der Waals surface area contributed by atoms with Gasteiger partial charge < -0.3 is 39.0 Å². The van der Waals surface area contributed by atoms with Gasteiger partial charge in [0.25, 0.3) is 0 Å². The van der Waals surface area contributed by atoms with E-state index in [0.717, 1.165) is 38.5 Å². The van der Waals surface area contributed by atoms with Crippen LogP contribution in [0.3, 0.4) is 0 Å². The van der Waals surface area contributed by atoms with Crippen LogP contribution in [-0.4, -0.2) is 100 Å². The summed E-state index contributed by atoms with van der Waals surface area (Å²) in [6.07, 6.45) is -1.03. The molecule has 308 valence electrons. The minimum absolute atomic E-state index is 0.00210. The number of esters is 3. The van der Waals surface area contributed by atoms with Crippen LogP contribution in [0.4, 0.5) is 0 Å². The molecule has 3 aliphatic rings. The second kappa shape index (κ2) is 20.0. The van der Waals surface area contributed by atoms with Gasteiger partial charge in [-0.1, -0.05) is 48.5 Å². The SMILES string of the molecule is COC([C@H](OC(=O)C[C@@H](O)C1=C(C)C(=O)OC1=O)C(C)C)[C@H](O)CC(=O)[C@@H](C)[C@@H](O)CC[C@@H](C)[C@@H]1O[C@]2(CC[C@@H](C)[C@H](CC[C@H](C)C(C)=O)O2)CC[C@@H]1C. The Morgan fingerprint density at radius 2 is 1.48 bits per heavy atom. The zero-order valence-corrected chi connectivity index (χ0v) is 34.0. The Morgan fingerprint density at radius 3 is 2.04 bits per heavy atom. The quantitative estimate of drug-likeness (QED) is 0.113. The van der Waals surface area contributed by atoms with Gasteiger partial charge in [0, 0.05) is 43.8 Å². The van der Waals surface area contributed by atoms with E-state index >= 15 is 0 Å². The Labute approximate surface area is 320 Å². The van der Waals surface area contributed by atoms with E-state index in [2.05, 4.69) is 25.5 Å². The molecule has 0 radical (unpaired) electrons. The Kier molecular flexibility index (Phi) is 17.0. The number of rotatable bonds is 20. The largest absolute Gasteiger partial charge is 0.459 e. The first-order chi connectivity index (χ1) is 25.2. The maximum absolute atomic E-state index is 13.3. The standard InChI is InChI=1S/C41H66O13/c1-21(2)36(51-34(47)20-31(45)35-27(8)39(48)52-40(35)49)38(50-10)32(46)19-30(44)26(7)29(43)13-11-24(5)37-25(6)16-18-41(54-37)17-15-23(4)33(53-41)14-12-22(3)28(9)42/h21-26,29,31-33,36-38,43,45-46H,11-20H2,1-10H3/t22-,23+,24+,25-,26-,29-,31+,32+,33-,36+,37-,38?,41+/m0/s1. The van der Waals surface area contributed by atoms with Crippen molar-refractivity contribution in [3.8, 4) is 0 Å². The van der Waals surface area contributed by atoms with Gasteiger partial charge in [-0.2, -0.15) is 0 Å². The maximum Gasteiger partial charge on any atom is 0.345 e. The molecule has 0 amide bonds. The molecule has 0 aromatic rings. The van der Waals surface area contributed by atoms with Crippen LogP contribution in [0.2, 0.25) is 0 Å². The topological polar surface area (TPSA) is 192 Å². The van der Waals surface area contributed by atoms with E-state index in [1.807, 2.05) is 6.92 Å². The predicted molar refractivity (Wildman–Crippen MR) is 197 cm³/mol. The number of ketones is 2. The van der Waals surface area contributed by atoms with Gasteiger partial charge in [0.1, 0.15) is 23.8 Å². The van der Waals surface area contributed by atoms with Crippen molar-refractivity contribution < 1.29 is 63.0 Å². The highest BCUT2D eigenvalue weighted by Crippen LogP contribution is 2.45. The van der Waals surface area contributed by atoms with Crippen molar-refractivity contribution in [3.05, 3.63) is 11.1 Å². The molecule has 2 fully saturated rings. The highest BCUT2D eigenvalue weighted by molar-refractivity contribution is 6.12. The molecule has 13 heteroatoms. The van der Waals surface area contributed by atoms with Crippen molar-refractivity contribution in [2.45, 2.75) is 175 Å². The summed E-state index contributed by atoms with van der Waals surface area (Å²) >= 11 is 0. The molecular weight excluding hydrogens is 700 g/mol. The molecule has 3 aliphatic heterocycles. The van der Waals surface area contributed by atoms with Crippen LogP contribution in [0, 0.1) is 35.5 Å². The van der Waals surface area contributed by atoms with Crippen LogP contribution < -0.4 is 0 Å². The van der Waals surface area contributed by atoms with Crippen molar-refractivity contribution in [2.24, 2.45) is 35.5 Å². The van der Waals surface area contributed by atoms with Crippen molar-refractivity contribution in [2.75, 3.05) is 7.11 Å². The molecule has 3 rings (SSSR count). The molecule has 0 saturated carbocycles. The Morgan fingerprint density at radius 1 is 0.852 bits per heavy atom. The zero-order valence-electron chi connectivity index (χ0n) is 34.0. The fourth-order valence-electron chi connectivity index (χ4n) is 8.02. The molecule has 1 spiro atoms. The van der Waals surface area contributed by atoms with Crippen LogP contribution in [0.5, 0.6) is 0 Å². The van der Waals surface area contributed by atoms with Crippen LogP contribution in [-0.2, 0) is 47.7 Å². The number of aliphatic hydroxyl groups excluding tert-OH is 3. The van der Waals surface area contributed by atoms with E-state index < -0.39 is 66.6 Å². The first kappa shape index (κ1) is 45.8. The monoisotopic (exact) mass is 766 g/mol. The molecule has 0 aromatic carbocycles. The smallest absolute Gasteiger partial charge is 0.345 e. The Bertz CT molecular complexity index is 1350. The summed E-state index contributed by atoms with van der Waals surface area (Å²) in [5, 5.41) is 32.7. The van der Waals surface area contributed by atoms with Crippen LogP contribution >= 0.6 is 0 Å². The fourth-order valence-corrected chi connectivity index (χ4v) is 8.02. The number of cyclic esters (lactones) is 2. The van der Waals surface area contributed by atoms with Gasteiger partial charge in [0.05, 0.1) is 42.5 Å². The highest BCUT2D eigenvalue weighted by atomic mass is 16.7. The predicted octanol–water partition coefficient (Wildman–Crippen LogP) is 4.79. The van der Waals surface area contributed by atoms with E-state index in [0.29, 0.717) is 18.8 Å². The van der Waals surface area contributed by atoms with Gasteiger partial charge in [-0.15, -0.1) is 0 Å². The number of hydrogen-bond acceptors (Lipinski definition) is 13. The number of methoxy groups -OCH3 is 1. The summed E-state index contributed by atoms with van der Waals surface area (Å²) in [4.78, 5) is 61.6. The van der Waals surface area contributed by atoms with Gasteiger partial charge in [-0.3, -0.25) is 14.4 Å². The van der Waals surface area contributed by atoms with Crippen molar-refractivity contribution in [1.29, 1.82) is 0 Å². The van der Waals surface area contributed by atoms with E-state index in [-0.39, 0.29) is 65.0 Å².